The van der Waals surface area contributed by atoms with Gasteiger partial charge in [-0.2, -0.15) is 25.5 Å². The number of sulfone groups is 5. The lowest BCUT2D eigenvalue weighted by atomic mass is 10.0. The quantitative estimate of drug-likeness (QED) is 0.0956. The molecule has 0 radical (unpaired) electrons. The fraction of sp³-hybridized carbons (Fsp3) is 0.294. The summed E-state index contributed by atoms with van der Waals surface area (Å²) in [5, 5.41) is 34.7. The third-order valence-corrected chi connectivity index (χ3v) is 34.0. The van der Waals surface area contributed by atoms with Gasteiger partial charge >= 0.3 is 0 Å². The zero-order valence-corrected chi connectivity index (χ0v) is 77.6. The van der Waals surface area contributed by atoms with Crippen molar-refractivity contribution in [3.8, 4) is 0 Å². The molecule has 0 unspecified atom stereocenters. The standard InChI is InChI=1S/C18H19ClN4O2S.2C17H17ClN4O2S.C17H18N4O2S2.C16H16N4O2S2/c1-11-15-10-22(3)8-7-16(15)23-18(20-11)17(12(2)21-23)26(24,25)14-6-4-5-13(19)9-14;1-11-16(25(23,24)14-5-3-4-13(18)8-14)17-19-9-12-10-21(2)7-6-15(12)22(17)20-11;1-10-14-9-19-7-6-15(14)22-17(20-10)16(11(2)21-22)25(23,24)13-5-3-4-12(18)8-13;1-11-13-10-18-9-8-14(13)21-16(19-11)15(17(20-21)24-2)25(22,23)12-6-4-3-5-7-12;1-23-16-14(24(21,22)12-5-3-2-4-6-12)15-18-10-11-9-17-8-7-13(11)20(15)19-16/h4-6,9H,7-8,10H2,1-3H3;3-5,8-9H,6-7,10H2,1-2H3;3-5,8,19H,6-7,9H2,1-2H3;3-7,18H,8-10H2,1-2H3;2-6,10,17H,7-9H2,1H3. The minimum Gasteiger partial charge on any atom is -0.312 e. The molecule has 15 heterocycles. The molecule has 5 aliphatic heterocycles. The van der Waals surface area contributed by atoms with Crippen LogP contribution in [0.25, 0.3) is 28.2 Å². The van der Waals surface area contributed by atoms with E-state index in [0.29, 0.717) is 70.4 Å². The van der Waals surface area contributed by atoms with Gasteiger partial charge in [0.25, 0.3) is 0 Å². The first-order valence-corrected chi connectivity index (χ1v) is 50.8. The second-order valence-corrected chi connectivity index (χ2v) is 43.0. The van der Waals surface area contributed by atoms with Crippen molar-refractivity contribution in [1.82, 2.24) is 98.7 Å². The van der Waals surface area contributed by atoms with Crippen molar-refractivity contribution in [3.63, 3.8) is 0 Å². The van der Waals surface area contributed by atoms with Crippen LogP contribution in [0.1, 0.15) is 90.5 Å². The van der Waals surface area contributed by atoms with E-state index in [-0.39, 0.29) is 49.0 Å². The largest absolute Gasteiger partial charge is 0.312 e. The second-order valence-electron chi connectivity index (χ2n) is 30.7. The van der Waals surface area contributed by atoms with Crippen LogP contribution >= 0.6 is 58.3 Å². The number of rotatable bonds is 12. The number of benzene rings is 5. The SMILES string of the molecule is CSc1nn2c3c(c(C)nc2c1S(=O)(=O)c1ccccc1)CNCC3.CSc1nn2c3c(cnc2c1S(=O)(=O)c1ccccc1)CNCC3.Cc1nc2c(S(=O)(=O)c3cccc(Cl)c3)c(C)nn2c2c1CN(C)CC2.Cc1nc2c(S(=O)(=O)c3cccc(Cl)c3)c(C)nn2c2c1CNCC2.Cc1nn2c3c(cnc2c1S(=O)(=O)c1cccc(Cl)c1)CN(C)CC3. The van der Waals surface area contributed by atoms with Crippen LogP contribution in [0.3, 0.4) is 0 Å². The van der Waals surface area contributed by atoms with E-state index in [1.807, 2.05) is 33.3 Å². The normalized spacial score (nSPS) is 15.0. The summed E-state index contributed by atoms with van der Waals surface area (Å²) in [7, 11) is -14.5. The predicted molar refractivity (Wildman–Crippen MR) is 478 cm³/mol. The highest BCUT2D eigenvalue weighted by Crippen LogP contribution is 2.39. The minimum absolute atomic E-state index is 0.150. The lowest BCUT2D eigenvalue weighted by Gasteiger charge is -2.26. The molecule has 15 aromatic rings. The summed E-state index contributed by atoms with van der Waals surface area (Å²) < 4.78 is 140. The number of nitrogens with one attached hydrogen (secondary N) is 3. The molecule has 0 aliphatic carbocycles. The monoisotopic (exact) mass is 1880 g/mol. The van der Waals surface area contributed by atoms with Crippen LogP contribution < -0.4 is 16.0 Å². The Morgan fingerprint density at radius 2 is 0.656 bits per heavy atom. The summed E-state index contributed by atoms with van der Waals surface area (Å²) in [6.07, 6.45) is 11.2. The number of likely N-dealkylation sites (N-methyl/N-ethyl adjacent to an activating group) is 2. The second kappa shape index (κ2) is 35.5. The van der Waals surface area contributed by atoms with E-state index >= 15 is 0 Å². The van der Waals surface area contributed by atoms with Gasteiger partial charge in [0.2, 0.25) is 49.2 Å². The lowest BCUT2D eigenvalue weighted by Crippen LogP contribution is -2.29. The molecule has 0 bridgehead atoms. The van der Waals surface area contributed by atoms with E-state index in [4.69, 9.17) is 34.8 Å². The molecule has 0 atom stereocenters. The summed E-state index contributed by atoms with van der Waals surface area (Å²) in [5.74, 6) is 0. The smallest absolute Gasteiger partial charge is 0.213 e. The summed E-state index contributed by atoms with van der Waals surface area (Å²) >= 11 is 20.6. The van der Waals surface area contributed by atoms with Crippen molar-refractivity contribution >= 4 is 136 Å². The first-order chi connectivity index (χ1) is 59.7. The van der Waals surface area contributed by atoms with Crippen LogP contribution in [0, 0.1) is 41.5 Å². The molecular weight excluding hydrogens is 1790 g/mol. The first kappa shape index (κ1) is 88.7. The molecule has 0 spiro atoms. The van der Waals surface area contributed by atoms with E-state index < -0.39 is 49.2 Å². The van der Waals surface area contributed by atoms with Crippen LogP contribution in [-0.4, -0.2) is 184 Å². The highest BCUT2D eigenvalue weighted by Gasteiger charge is 2.37. The Kier molecular flexibility index (Phi) is 25.2. The molecule has 125 heavy (non-hydrogen) atoms. The molecule has 0 fully saturated rings. The molecule has 5 aliphatic rings. The zero-order valence-electron chi connectivity index (χ0n) is 69.6. The van der Waals surface area contributed by atoms with Crippen molar-refractivity contribution in [1.29, 1.82) is 0 Å². The van der Waals surface area contributed by atoms with Crippen LogP contribution in [0.2, 0.25) is 15.1 Å². The van der Waals surface area contributed by atoms with Gasteiger partial charge in [-0.15, -0.1) is 23.5 Å². The average Bonchev–Trinajstić information content (AvgIpc) is 1.73. The molecule has 3 N–H and O–H groups in total. The summed E-state index contributed by atoms with van der Waals surface area (Å²) in [6.45, 7) is 19.0. The highest BCUT2D eigenvalue weighted by atomic mass is 35.5. The summed E-state index contributed by atoms with van der Waals surface area (Å²) in [5.41, 5.74) is 16.5. The van der Waals surface area contributed by atoms with Crippen LogP contribution in [0.15, 0.2) is 205 Å². The fourth-order valence-electron chi connectivity index (χ4n) is 16.3. The van der Waals surface area contributed by atoms with Gasteiger partial charge in [0, 0.05) is 170 Å². The number of aryl methyl sites for hydroxylation is 6. The van der Waals surface area contributed by atoms with E-state index in [1.54, 1.807) is 165 Å². The molecule has 0 saturated carbocycles. The van der Waals surface area contributed by atoms with Crippen molar-refractivity contribution in [3.05, 3.63) is 251 Å². The Hall–Kier alpha value is -9.68. The van der Waals surface area contributed by atoms with Crippen LogP contribution in [0.4, 0.5) is 0 Å². The number of fused-ring (bicyclic) bond motifs is 15. The highest BCUT2D eigenvalue weighted by molar-refractivity contribution is 8.00. The zero-order chi connectivity index (χ0) is 88.5. The Morgan fingerprint density at radius 3 is 1.10 bits per heavy atom. The maximum Gasteiger partial charge on any atom is 0.213 e. The van der Waals surface area contributed by atoms with E-state index in [2.05, 4.69) is 90.3 Å². The topological polar surface area (TPSA) is 364 Å². The molecule has 10 aromatic heterocycles. The molecular formula is C85H87Cl3N20O10S7. The molecule has 5 aromatic carbocycles. The van der Waals surface area contributed by atoms with Gasteiger partial charge in [0.05, 0.1) is 70.0 Å². The minimum atomic E-state index is -3.77. The van der Waals surface area contributed by atoms with Crippen molar-refractivity contribution < 1.29 is 42.1 Å². The number of hydrogen-bond acceptors (Lipinski definition) is 27. The van der Waals surface area contributed by atoms with Gasteiger partial charge in [-0.25, -0.2) is 89.6 Å². The maximum atomic E-state index is 13.3. The van der Waals surface area contributed by atoms with Gasteiger partial charge < -0.3 is 25.8 Å². The molecule has 20 rings (SSSR count). The Labute approximate surface area is 746 Å². The summed E-state index contributed by atoms with van der Waals surface area (Å²) in [6, 6.07) is 35.7. The fourth-order valence-corrected chi connectivity index (χ4v) is 26.6. The lowest BCUT2D eigenvalue weighted by molar-refractivity contribution is 0.306. The molecule has 0 saturated heterocycles. The van der Waals surface area contributed by atoms with Gasteiger partial charge in [-0.3, -0.25) is 0 Å². The van der Waals surface area contributed by atoms with E-state index in [1.165, 1.54) is 47.8 Å². The first-order valence-electron chi connectivity index (χ1n) is 39.8. The average molecular weight is 1880 g/mol. The number of halogens is 3. The Balaban J connectivity index is 0.000000115. The molecule has 40 heteroatoms. The van der Waals surface area contributed by atoms with Gasteiger partial charge in [-0.05, 0) is 147 Å². The maximum absolute atomic E-state index is 13.3. The van der Waals surface area contributed by atoms with Crippen LogP contribution in [-0.2, 0) is 114 Å². The van der Waals surface area contributed by atoms with E-state index in [9.17, 15) is 42.1 Å². The number of thioether (sulfide) groups is 2. The van der Waals surface area contributed by atoms with Gasteiger partial charge in [0.1, 0.15) is 24.7 Å². The number of aromatic nitrogens is 15. The van der Waals surface area contributed by atoms with Crippen molar-refractivity contribution in [2.45, 2.75) is 165 Å². The van der Waals surface area contributed by atoms with Crippen molar-refractivity contribution in [2.24, 2.45) is 0 Å². The van der Waals surface area contributed by atoms with Gasteiger partial charge in [-0.1, -0.05) is 89.4 Å². The van der Waals surface area contributed by atoms with E-state index in [0.717, 1.165) is 171 Å². The van der Waals surface area contributed by atoms with Crippen LogP contribution in [0.5, 0.6) is 0 Å². The Morgan fingerprint density at radius 1 is 0.336 bits per heavy atom. The van der Waals surface area contributed by atoms with Crippen molar-refractivity contribution in [2.75, 3.05) is 59.3 Å². The number of nitrogens with zero attached hydrogens (tertiary/aromatic N) is 17. The Bertz CT molecular complexity index is 7440. The third-order valence-electron chi connectivity index (χ3n) is 22.4. The summed E-state index contributed by atoms with van der Waals surface area (Å²) in [4.78, 5) is 28.9. The van der Waals surface area contributed by atoms with Gasteiger partial charge in [0.15, 0.2) is 38.0 Å². The molecule has 0 amide bonds. The predicted octanol–water partition coefficient (Wildman–Crippen LogP) is 12.0. The third kappa shape index (κ3) is 16.8. The molecule has 30 nitrogen and oxygen atoms in total. The molecule has 650 valence electrons. The number of hydrogen-bond donors (Lipinski definition) is 3.